The number of aliphatic hydroxyl groups excluding tert-OH is 1. The lowest BCUT2D eigenvalue weighted by molar-refractivity contribution is 0.0268. The number of ether oxygens (including phenoxy) is 3. The first kappa shape index (κ1) is 27.5. The second-order valence-corrected chi connectivity index (χ2v) is 8.37. The molecule has 3 aromatic rings. The first-order valence-electron chi connectivity index (χ1n) is 11.9. The predicted molar refractivity (Wildman–Crippen MR) is 142 cm³/mol. The summed E-state index contributed by atoms with van der Waals surface area (Å²) < 4.78 is 15.4. The number of hydrogen-bond acceptors (Lipinski definition) is 7. The zero-order chi connectivity index (χ0) is 26.6. The maximum atomic E-state index is 11.7. The maximum Gasteiger partial charge on any atom is 0.411 e. The van der Waals surface area contributed by atoms with Crippen LogP contribution in [0, 0.1) is 0 Å². The highest BCUT2D eigenvalue weighted by molar-refractivity contribution is 5.85. The third kappa shape index (κ3) is 8.52. The van der Waals surface area contributed by atoms with Crippen molar-refractivity contribution >= 4 is 23.6 Å². The second kappa shape index (κ2) is 13.9. The van der Waals surface area contributed by atoms with Gasteiger partial charge >= 0.3 is 12.2 Å². The van der Waals surface area contributed by atoms with Crippen LogP contribution in [-0.4, -0.2) is 50.4 Å². The lowest BCUT2D eigenvalue weighted by Crippen LogP contribution is -2.43. The van der Waals surface area contributed by atoms with Crippen LogP contribution in [-0.2, 0) is 9.47 Å². The molecule has 0 saturated heterocycles. The van der Waals surface area contributed by atoms with Gasteiger partial charge in [0.25, 0.3) is 0 Å². The van der Waals surface area contributed by atoms with Crippen molar-refractivity contribution in [1.82, 2.24) is 5.32 Å². The quantitative estimate of drug-likeness (QED) is 0.272. The van der Waals surface area contributed by atoms with Gasteiger partial charge in [0, 0.05) is 17.3 Å². The van der Waals surface area contributed by atoms with Crippen molar-refractivity contribution in [1.29, 1.82) is 0 Å². The van der Waals surface area contributed by atoms with Gasteiger partial charge in [-0.25, -0.2) is 9.59 Å². The fourth-order valence-electron chi connectivity index (χ4n) is 3.86. The van der Waals surface area contributed by atoms with Gasteiger partial charge in [0.15, 0.2) is 6.23 Å². The minimum absolute atomic E-state index is 0.113. The Morgan fingerprint density at radius 1 is 0.811 bits per heavy atom. The SMILES string of the molecule is COC(=O)Nc1cccc(C(CCNC(Oc2ccccc2)C(C)O)c2cccc(NC(=O)OC)c2)c1. The smallest absolute Gasteiger partial charge is 0.411 e. The Labute approximate surface area is 216 Å². The number of aliphatic hydroxyl groups is 1. The molecule has 2 amide bonds. The highest BCUT2D eigenvalue weighted by Crippen LogP contribution is 2.31. The summed E-state index contributed by atoms with van der Waals surface area (Å²) in [7, 11) is 2.62. The van der Waals surface area contributed by atoms with Crippen LogP contribution in [0.5, 0.6) is 5.75 Å². The highest BCUT2D eigenvalue weighted by atomic mass is 16.5. The summed E-state index contributed by atoms with van der Waals surface area (Å²) in [6.45, 7) is 2.18. The molecule has 0 aromatic heterocycles. The number of para-hydroxylation sites is 1. The van der Waals surface area contributed by atoms with E-state index in [-0.39, 0.29) is 5.92 Å². The highest BCUT2D eigenvalue weighted by Gasteiger charge is 2.20. The van der Waals surface area contributed by atoms with Crippen LogP contribution in [0.3, 0.4) is 0 Å². The van der Waals surface area contributed by atoms with E-state index in [2.05, 4.69) is 16.0 Å². The third-order valence-corrected chi connectivity index (χ3v) is 5.66. The third-order valence-electron chi connectivity index (χ3n) is 5.66. The van der Waals surface area contributed by atoms with Crippen LogP contribution in [0.25, 0.3) is 0 Å². The number of hydrogen-bond donors (Lipinski definition) is 4. The standard InChI is InChI=1S/C28H33N3O6/c1-19(32)26(37-24-13-5-4-6-14-24)29-16-15-25(20-9-7-11-22(17-20)30-27(33)35-2)21-10-8-12-23(18-21)31-28(34)36-3/h4-14,17-19,25-26,29,32H,15-16H2,1-3H3,(H,30,33)(H,31,34). The van der Waals surface area contributed by atoms with E-state index in [9.17, 15) is 14.7 Å². The first-order chi connectivity index (χ1) is 17.9. The number of methoxy groups -OCH3 is 2. The van der Waals surface area contributed by atoms with Crippen LogP contribution >= 0.6 is 0 Å². The van der Waals surface area contributed by atoms with E-state index < -0.39 is 24.5 Å². The number of amides is 2. The molecule has 0 heterocycles. The second-order valence-electron chi connectivity index (χ2n) is 8.37. The number of carbonyl (C=O) groups is 2. The van der Waals surface area contributed by atoms with E-state index in [0.29, 0.717) is 30.1 Å². The molecule has 37 heavy (non-hydrogen) atoms. The predicted octanol–water partition coefficient (Wildman–Crippen LogP) is 4.94. The molecule has 2 atom stereocenters. The molecule has 0 radical (unpaired) electrons. The molecule has 0 fully saturated rings. The van der Waals surface area contributed by atoms with Gasteiger partial charge in [0.1, 0.15) is 11.9 Å². The van der Waals surface area contributed by atoms with Gasteiger partial charge in [0.05, 0.1) is 14.2 Å². The molecule has 9 heteroatoms. The topological polar surface area (TPSA) is 118 Å². The van der Waals surface area contributed by atoms with Gasteiger partial charge in [-0.3, -0.25) is 16.0 Å². The van der Waals surface area contributed by atoms with Crippen LogP contribution in [0.15, 0.2) is 78.9 Å². The van der Waals surface area contributed by atoms with Crippen molar-refractivity contribution in [3.05, 3.63) is 90.0 Å². The summed E-state index contributed by atoms with van der Waals surface area (Å²) >= 11 is 0. The molecule has 196 valence electrons. The van der Waals surface area contributed by atoms with E-state index in [0.717, 1.165) is 11.1 Å². The minimum atomic E-state index is -0.751. The number of rotatable bonds is 11. The molecular weight excluding hydrogens is 474 g/mol. The Bertz CT molecular complexity index is 1090. The largest absolute Gasteiger partial charge is 0.473 e. The number of anilines is 2. The lowest BCUT2D eigenvalue weighted by atomic mass is 9.88. The van der Waals surface area contributed by atoms with E-state index in [1.54, 1.807) is 19.1 Å². The van der Waals surface area contributed by atoms with E-state index in [4.69, 9.17) is 14.2 Å². The fraction of sp³-hybridized carbons (Fsp3) is 0.286. The molecule has 0 aliphatic rings. The molecule has 3 rings (SSSR count). The first-order valence-corrected chi connectivity index (χ1v) is 11.9. The van der Waals surface area contributed by atoms with Gasteiger partial charge in [-0.1, -0.05) is 42.5 Å². The van der Waals surface area contributed by atoms with Crippen LogP contribution in [0.1, 0.15) is 30.4 Å². The Hall–Kier alpha value is -4.08. The Kier molecular flexibility index (Phi) is 10.3. The van der Waals surface area contributed by atoms with Crippen molar-refractivity contribution in [3.63, 3.8) is 0 Å². The Balaban J connectivity index is 1.83. The molecule has 0 saturated carbocycles. The molecule has 3 aromatic carbocycles. The van der Waals surface area contributed by atoms with E-state index >= 15 is 0 Å². The van der Waals surface area contributed by atoms with Crippen molar-refractivity contribution < 1.29 is 28.9 Å². The molecule has 0 aliphatic heterocycles. The van der Waals surface area contributed by atoms with Crippen LogP contribution in [0.2, 0.25) is 0 Å². The van der Waals surface area contributed by atoms with Crippen LogP contribution < -0.4 is 20.7 Å². The van der Waals surface area contributed by atoms with E-state index in [1.807, 2.05) is 66.7 Å². The molecule has 4 N–H and O–H groups in total. The van der Waals surface area contributed by atoms with Gasteiger partial charge in [0.2, 0.25) is 0 Å². The zero-order valence-electron chi connectivity index (χ0n) is 21.1. The number of carbonyl (C=O) groups excluding carboxylic acids is 2. The summed E-state index contributed by atoms with van der Waals surface area (Å²) in [5.41, 5.74) is 3.09. The summed E-state index contributed by atoms with van der Waals surface area (Å²) in [5, 5.41) is 19.0. The van der Waals surface area contributed by atoms with E-state index in [1.165, 1.54) is 14.2 Å². The van der Waals surface area contributed by atoms with Gasteiger partial charge < -0.3 is 19.3 Å². The van der Waals surface area contributed by atoms with Crippen molar-refractivity contribution in [3.8, 4) is 5.75 Å². The van der Waals surface area contributed by atoms with Crippen molar-refractivity contribution in [2.45, 2.75) is 31.6 Å². The molecule has 0 aliphatic carbocycles. The van der Waals surface area contributed by atoms with Crippen LogP contribution in [0.4, 0.5) is 21.0 Å². The number of benzene rings is 3. The molecule has 9 nitrogen and oxygen atoms in total. The van der Waals surface area contributed by atoms with Crippen molar-refractivity contribution in [2.24, 2.45) is 0 Å². The van der Waals surface area contributed by atoms with Gasteiger partial charge in [-0.2, -0.15) is 0 Å². The average Bonchev–Trinajstić information content (AvgIpc) is 2.91. The molecule has 0 spiro atoms. The van der Waals surface area contributed by atoms with Gasteiger partial charge in [-0.15, -0.1) is 0 Å². The molecular formula is C28H33N3O6. The molecule has 2 unspecified atom stereocenters. The maximum absolute atomic E-state index is 11.7. The fourth-order valence-corrected chi connectivity index (χ4v) is 3.86. The van der Waals surface area contributed by atoms with Crippen molar-refractivity contribution in [2.75, 3.05) is 31.4 Å². The zero-order valence-corrected chi connectivity index (χ0v) is 21.1. The molecule has 0 bridgehead atoms. The summed E-state index contributed by atoms with van der Waals surface area (Å²) in [6.07, 6.45) is -1.85. The summed E-state index contributed by atoms with van der Waals surface area (Å²) in [5.74, 6) is 0.540. The normalized spacial score (nSPS) is 12.4. The van der Waals surface area contributed by atoms with Gasteiger partial charge in [-0.05, 0) is 67.4 Å². The lowest BCUT2D eigenvalue weighted by Gasteiger charge is -2.25. The Morgan fingerprint density at radius 2 is 1.35 bits per heavy atom. The summed E-state index contributed by atoms with van der Waals surface area (Å²) in [4.78, 5) is 23.5. The number of nitrogens with one attached hydrogen (secondary N) is 3. The average molecular weight is 508 g/mol. The summed E-state index contributed by atoms with van der Waals surface area (Å²) in [6, 6.07) is 24.3. The monoisotopic (exact) mass is 507 g/mol. The minimum Gasteiger partial charge on any atom is -0.473 e. The Morgan fingerprint density at radius 3 is 1.84 bits per heavy atom.